The lowest BCUT2D eigenvalue weighted by atomic mass is 9.88. The summed E-state index contributed by atoms with van der Waals surface area (Å²) in [7, 11) is 0. The first-order chi connectivity index (χ1) is 9.88. The van der Waals surface area contributed by atoms with Crippen LogP contribution in [0.15, 0.2) is 4.79 Å². The maximum atomic E-state index is 12.5. The van der Waals surface area contributed by atoms with Crippen molar-refractivity contribution in [2.45, 2.75) is 57.7 Å². The van der Waals surface area contributed by atoms with E-state index >= 15 is 0 Å². The van der Waals surface area contributed by atoms with Crippen LogP contribution in [-0.2, 0) is 4.79 Å². The van der Waals surface area contributed by atoms with Gasteiger partial charge in [0.15, 0.2) is 0 Å². The highest BCUT2D eigenvalue weighted by Crippen LogP contribution is 2.47. The van der Waals surface area contributed by atoms with E-state index in [1.807, 2.05) is 4.68 Å². The van der Waals surface area contributed by atoms with Crippen molar-refractivity contribution >= 4 is 23.5 Å². The second-order valence-electron chi connectivity index (χ2n) is 7.12. The highest BCUT2D eigenvalue weighted by atomic mass is 32.2. The normalized spacial score (nSPS) is 23.8. The van der Waals surface area contributed by atoms with Gasteiger partial charge in [-0.1, -0.05) is 33.6 Å². The van der Waals surface area contributed by atoms with Crippen LogP contribution in [0.5, 0.6) is 0 Å². The van der Waals surface area contributed by atoms with E-state index in [4.69, 9.17) is 0 Å². The molecular formula is C15H23N3O2S. The molecule has 21 heavy (non-hydrogen) atoms. The fraction of sp³-hybridized carbons (Fsp3) is 0.733. The minimum absolute atomic E-state index is 0.0150. The molecule has 0 bridgehead atoms. The van der Waals surface area contributed by atoms with Gasteiger partial charge in [0.25, 0.3) is 5.56 Å². The summed E-state index contributed by atoms with van der Waals surface area (Å²) in [5, 5.41) is 5.97. The van der Waals surface area contributed by atoms with Crippen molar-refractivity contribution in [3.05, 3.63) is 15.9 Å². The lowest BCUT2D eigenvalue weighted by molar-refractivity contribution is -0.113. The summed E-state index contributed by atoms with van der Waals surface area (Å²) in [6.45, 7) is 6.36. The molecule has 1 amide bonds. The maximum Gasteiger partial charge on any atom is 0.270 e. The second kappa shape index (κ2) is 5.23. The van der Waals surface area contributed by atoms with Crippen molar-refractivity contribution in [1.82, 2.24) is 9.78 Å². The first-order valence-electron chi connectivity index (χ1n) is 7.64. The quantitative estimate of drug-likeness (QED) is 0.838. The SMILES string of the molecule is CC(C)(C)[C@@H]1SCC(=O)Nc2c1c(=O)[nH]n2C1CCCC1. The predicted octanol–water partition coefficient (Wildman–Crippen LogP) is 3.06. The van der Waals surface area contributed by atoms with Crippen LogP contribution in [0.25, 0.3) is 0 Å². The van der Waals surface area contributed by atoms with Crippen molar-refractivity contribution in [1.29, 1.82) is 0 Å². The number of carbonyl (C=O) groups is 1. The van der Waals surface area contributed by atoms with Gasteiger partial charge in [-0.25, -0.2) is 0 Å². The zero-order valence-electron chi connectivity index (χ0n) is 12.9. The molecule has 1 aromatic heterocycles. The second-order valence-corrected chi connectivity index (χ2v) is 8.21. The van der Waals surface area contributed by atoms with Crippen LogP contribution in [0.3, 0.4) is 0 Å². The average molecular weight is 309 g/mol. The number of hydrogen-bond acceptors (Lipinski definition) is 3. The summed E-state index contributed by atoms with van der Waals surface area (Å²) in [6.07, 6.45) is 4.51. The molecule has 3 rings (SSSR count). The van der Waals surface area contributed by atoms with Crippen molar-refractivity contribution in [2.24, 2.45) is 5.41 Å². The van der Waals surface area contributed by atoms with E-state index in [0.717, 1.165) is 18.4 Å². The van der Waals surface area contributed by atoms with Gasteiger partial charge in [-0.2, -0.15) is 0 Å². The van der Waals surface area contributed by atoms with Crippen LogP contribution in [-0.4, -0.2) is 21.4 Å². The molecular weight excluding hydrogens is 286 g/mol. The molecule has 1 atom stereocenters. The summed E-state index contributed by atoms with van der Waals surface area (Å²) in [5.74, 6) is 1.10. The molecule has 1 fully saturated rings. The lowest BCUT2D eigenvalue weighted by Crippen LogP contribution is -2.21. The molecule has 2 aliphatic rings. The van der Waals surface area contributed by atoms with E-state index in [-0.39, 0.29) is 22.1 Å². The molecule has 1 aliphatic heterocycles. The highest BCUT2D eigenvalue weighted by molar-refractivity contribution is 8.00. The molecule has 0 saturated heterocycles. The molecule has 5 nitrogen and oxygen atoms in total. The van der Waals surface area contributed by atoms with Gasteiger partial charge in [0.1, 0.15) is 5.82 Å². The van der Waals surface area contributed by atoms with E-state index < -0.39 is 0 Å². The number of aromatic nitrogens is 2. The number of anilines is 1. The molecule has 1 saturated carbocycles. The topological polar surface area (TPSA) is 66.9 Å². The minimum atomic E-state index is -0.0689. The molecule has 1 aliphatic carbocycles. The van der Waals surface area contributed by atoms with Gasteiger partial charge in [-0.05, 0) is 18.3 Å². The summed E-state index contributed by atoms with van der Waals surface area (Å²) in [5.41, 5.74) is 0.623. The Balaban J connectivity index is 2.12. The number of thioether (sulfide) groups is 1. The number of nitrogens with one attached hydrogen (secondary N) is 2. The Morgan fingerprint density at radius 3 is 2.48 bits per heavy atom. The number of H-pyrrole nitrogens is 1. The maximum absolute atomic E-state index is 12.5. The van der Waals surface area contributed by atoms with Crippen LogP contribution in [0.1, 0.15) is 63.3 Å². The number of hydrogen-bond donors (Lipinski definition) is 2. The molecule has 2 heterocycles. The van der Waals surface area contributed by atoms with Crippen molar-refractivity contribution < 1.29 is 4.79 Å². The van der Waals surface area contributed by atoms with E-state index in [2.05, 4.69) is 31.2 Å². The van der Waals surface area contributed by atoms with E-state index in [1.54, 1.807) is 11.8 Å². The highest BCUT2D eigenvalue weighted by Gasteiger charge is 2.37. The van der Waals surface area contributed by atoms with E-state index in [0.29, 0.717) is 17.6 Å². The Morgan fingerprint density at radius 1 is 1.19 bits per heavy atom. The van der Waals surface area contributed by atoms with Crippen LogP contribution in [0.2, 0.25) is 0 Å². The van der Waals surface area contributed by atoms with Gasteiger partial charge in [0.2, 0.25) is 5.91 Å². The average Bonchev–Trinajstić information content (AvgIpc) is 2.95. The fourth-order valence-electron chi connectivity index (χ4n) is 3.36. The third-order valence-corrected chi connectivity index (χ3v) is 6.05. The smallest absolute Gasteiger partial charge is 0.270 e. The largest absolute Gasteiger partial charge is 0.310 e. The third-order valence-electron chi connectivity index (χ3n) is 4.34. The molecule has 1 aromatic rings. The van der Waals surface area contributed by atoms with Gasteiger partial charge < -0.3 is 5.32 Å². The summed E-state index contributed by atoms with van der Waals surface area (Å²) in [6, 6.07) is 0.311. The Kier molecular flexibility index (Phi) is 3.67. The van der Waals surface area contributed by atoms with Gasteiger partial charge >= 0.3 is 0 Å². The Labute approximate surface area is 128 Å². The van der Waals surface area contributed by atoms with Crippen LogP contribution < -0.4 is 10.9 Å². The van der Waals surface area contributed by atoms with Crippen LogP contribution in [0, 0.1) is 5.41 Å². The molecule has 2 N–H and O–H groups in total. The Morgan fingerprint density at radius 2 is 1.86 bits per heavy atom. The minimum Gasteiger partial charge on any atom is -0.310 e. The summed E-state index contributed by atoms with van der Waals surface area (Å²) < 4.78 is 1.92. The first-order valence-corrected chi connectivity index (χ1v) is 8.68. The standard InChI is InChI=1S/C15H23N3O2S/c1-15(2,3)12-11-13(16-10(19)8-21-12)18(17-14(11)20)9-6-4-5-7-9/h9,12H,4-8H2,1-3H3,(H,16,19)(H,17,20)/t12-/m1/s1. The monoisotopic (exact) mass is 309 g/mol. The third kappa shape index (κ3) is 2.65. The van der Waals surface area contributed by atoms with Crippen molar-refractivity contribution in [2.75, 3.05) is 11.1 Å². The van der Waals surface area contributed by atoms with E-state index in [1.165, 1.54) is 12.8 Å². The number of rotatable bonds is 1. The zero-order valence-corrected chi connectivity index (χ0v) is 13.7. The van der Waals surface area contributed by atoms with Crippen molar-refractivity contribution in [3.63, 3.8) is 0 Å². The number of carbonyl (C=O) groups excluding carboxylic acids is 1. The Bertz CT molecular complexity index is 605. The van der Waals surface area contributed by atoms with Crippen molar-refractivity contribution in [3.8, 4) is 0 Å². The lowest BCUT2D eigenvalue weighted by Gasteiger charge is -2.28. The first kappa shape index (κ1) is 14.8. The molecule has 0 unspecified atom stereocenters. The van der Waals surface area contributed by atoms with Gasteiger partial charge in [0.05, 0.1) is 17.4 Å². The van der Waals surface area contributed by atoms with Gasteiger partial charge in [-0.3, -0.25) is 19.4 Å². The molecule has 6 heteroatoms. The number of nitrogens with zero attached hydrogens (tertiary/aromatic N) is 1. The van der Waals surface area contributed by atoms with Gasteiger partial charge in [0, 0.05) is 5.25 Å². The van der Waals surface area contributed by atoms with Gasteiger partial charge in [-0.15, -0.1) is 11.8 Å². The summed E-state index contributed by atoms with van der Waals surface area (Å²) in [4.78, 5) is 24.6. The predicted molar refractivity (Wildman–Crippen MR) is 85.8 cm³/mol. The van der Waals surface area contributed by atoms with E-state index in [9.17, 15) is 9.59 Å². The van der Waals surface area contributed by atoms with Crippen LogP contribution in [0.4, 0.5) is 5.82 Å². The zero-order chi connectivity index (χ0) is 15.2. The molecule has 0 spiro atoms. The summed E-state index contributed by atoms with van der Waals surface area (Å²) >= 11 is 1.57. The molecule has 0 radical (unpaired) electrons. The Hall–Kier alpha value is -1.17. The van der Waals surface area contributed by atoms with Crippen LogP contribution >= 0.6 is 11.8 Å². The molecule has 0 aromatic carbocycles. The number of amides is 1. The number of fused-ring (bicyclic) bond motifs is 1. The molecule has 116 valence electrons. The fourth-order valence-corrected chi connectivity index (χ4v) is 4.64. The number of aromatic amines is 1.